The third kappa shape index (κ3) is 16.3. The number of thioether (sulfide) groups is 1. The molecule has 1 aliphatic rings. The van der Waals surface area contributed by atoms with Gasteiger partial charge in [-0.15, -0.1) is 0 Å². The van der Waals surface area contributed by atoms with E-state index >= 15 is 0 Å². The Kier molecular flexibility index (Phi) is 19.0. The van der Waals surface area contributed by atoms with Gasteiger partial charge in [-0.05, 0) is 37.4 Å². The molecule has 0 radical (unpaired) electrons. The Morgan fingerprint density at radius 1 is 0.886 bits per heavy atom. The van der Waals surface area contributed by atoms with Crippen LogP contribution in [-0.4, -0.2) is 93.3 Å². The fourth-order valence-electron chi connectivity index (χ4n) is 3.55. The molecule has 1 heterocycles. The van der Waals surface area contributed by atoms with E-state index < -0.39 is 79.1 Å². The van der Waals surface area contributed by atoms with Gasteiger partial charge in [0.15, 0.2) is 26.6 Å². The molecule has 1 rings (SSSR count). The predicted octanol–water partition coefficient (Wildman–Crippen LogP) is -0.211. The average Bonchev–Trinajstić information content (AvgIpc) is 2.82. The first-order valence-corrected chi connectivity index (χ1v) is 18.6. The van der Waals surface area contributed by atoms with Crippen LogP contribution >= 0.6 is 11.8 Å². The van der Waals surface area contributed by atoms with Crippen molar-refractivity contribution in [2.75, 3.05) is 13.2 Å². The standard InChI is InChI=1S/C25H43NO14S2Si.K/c1-15(27)34-14-19-21(36-16(2)28)22(37-17(3)29)23(38-18(4)30)24(39-19)41-20(26-40-42(31,32)33)12-10-11-13-35-43(8,9)25(5,6)7;/h19,21-24H,10-14H2,1-9H3,(H,31,32,33);/q;+1/p-1/b26-20-;/t19-,21-,22+,23-,24+;/m1./s1. The van der Waals surface area contributed by atoms with E-state index in [1.54, 1.807) is 0 Å². The summed E-state index contributed by atoms with van der Waals surface area (Å²) in [6, 6.07) is 0. The number of oxime groups is 1. The Morgan fingerprint density at radius 3 is 1.89 bits per heavy atom. The molecule has 0 bridgehead atoms. The second kappa shape index (κ2) is 19.3. The normalized spacial score (nSPS) is 22.7. The van der Waals surface area contributed by atoms with Gasteiger partial charge in [0, 0.05) is 34.3 Å². The molecule has 248 valence electrons. The van der Waals surface area contributed by atoms with Gasteiger partial charge in [0.05, 0.1) is 0 Å². The number of carbonyl (C=O) groups is 4. The van der Waals surface area contributed by atoms with E-state index in [2.05, 4.69) is 43.3 Å². The van der Waals surface area contributed by atoms with Crippen molar-refractivity contribution in [1.29, 1.82) is 0 Å². The molecule has 0 amide bonds. The molecule has 1 saturated heterocycles. The van der Waals surface area contributed by atoms with Crippen LogP contribution in [0.25, 0.3) is 0 Å². The van der Waals surface area contributed by atoms with E-state index in [1.165, 1.54) is 0 Å². The van der Waals surface area contributed by atoms with Gasteiger partial charge in [-0.2, -0.15) is 8.42 Å². The van der Waals surface area contributed by atoms with Crippen molar-refractivity contribution < 1.29 is 116 Å². The fraction of sp³-hybridized carbons (Fsp3) is 0.800. The summed E-state index contributed by atoms with van der Waals surface area (Å²) in [5.74, 6) is -3.09. The van der Waals surface area contributed by atoms with Gasteiger partial charge >= 0.3 is 75.3 Å². The topological polar surface area (TPSA) is 202 Å². The zero-order valence-corrected chi connectivity index (χ0v) is 32.7. The summed E-state index contributed by atoms with van der Waals surface area (Å²) in [7, 11) is -7.23. The summed E-state index contributed by atoms with van der Waals surface area (Å²) < 4.78 is 71.0. The van der Waals surface area contributed by atoms with Crippen molar-refractivity contribution in [3.8, 4) is 0 Å². The first-order valence-electron chi connectivity index (χ1n) is 13.5. The summed E-state index contributed by atoms with van der Waals surface area (Å²) in [4.78, 5) is 47.5. The third-order valence-electron chi connectivity index (χ3n) is 6.48. The molecule has 1 aliphatic heterocycles. The average molecular weight is 712 g/mol. The second-order valence-electron chi connectivity index (χ2n) is 11.2. The summed E-state index contributed by atoms with van der Waals surface area (Å²) in [5.41, 5.74) is -1.28. The second-order valence-corrected chi connectivity index (χ2v) is 18.2. The Labute approximate surface area is 306 Å². The molecule has 19 heteroatoms. The van der Waals surface area contributed by atoms with Gasteiger partial charge in [-0.25, -0.2) is 0 Å². The van der Waals surface area contributed by atoms with Crippen molar-refractivity contribution in [2.45, 2.75) is 116 Å². The smallest absolute Gasteiger partial charge is 0.714 e. The number of unbranched alkanes of at least 4 members (excludes halogenated alkanes) is 1. The van der Waals surface area contributed by atoms with Gasteiger partial charge in [0.1, 0.15) is 23.2 Å². The van der Waals surface area contributed by atoms with Crippen LogP contribution in [0, 0.1) is 0 Å². The molecule has 0 unspecified atom stereocenters. The molecule has 0 aromatic heterocycles. The molecular formula is C25H42KNO14S2Si. The quantitative estimate of drug-likeness (QED) is 0.0263. The van der Waals surface area contributed by atoms with Crippen molar-refractivity contribution in [1.82, 2.24) is 0 Å². The molecule has 0 aromatic rings. The number of ether oxygens (including phenoxy) is 5. The van der Waals surface area contributed by atoms with E-state index in [0.29, 0.717) is 19.4 Å². The Balaban J connectivity index is 0.0000185. The molecule has 0 N–H and O–H groups in total. The zero-order chi connectivity index (χ0) is 33.2. The Bertz CT molecular complexity index is 1130. The van der Waals surface area contributed by atoms with Gasteiger partial charge in [0.25, 0.3) is 10.4 Å². The Hall–Kier alpha value is -0.617. The van der Waals surface area contributed by atoms with E-state index in [9.17, 15) is 32.1 Å². The van der Waals surface area contributed by atoms with E-state index in [1.807, 2.05) is 0 Å². The minimum absolute atomic E-state index is 0. The number of nitrogens with zero attached hydrogens (tertiary/aromatic N) is 1. The van der Waals surface area contributed by atoms with Crippen molar-refractivity contribution in [3.63, 3.8) is 0 Å². The van der Waals surface area contributed by atoms with E-state index in [0.717, 1.165) is 39.5 Å². The molecule has 44 heavy (non-hydrogen) atoms. The summed E-state index contributed by atoms with van der Waals surface area (Å²) >= 11 is 0.732. The number of esters is 4. The maximum Gasteiger partial charge on any atom is 1.00 e. The van der Waals surface area contributed by atoms with Crippen molar-refractivity contribution in [2.24, 2.45) is 5.16 Å². The van der Waals surface area contributed by atoms with E-state index in [4.69, 9.17) is 28.1 Å². The van der Waals surface area contributed by atoms with Crippen LogP contribution in [0.5, 0.6) is 0 Å². The van der Waals surface area contributed by atoms with Gasteiger partial charge in [0.2, 0.25) is 0 Å². The van der Waals surface area contributed by atoms with Crippen LogP contribution in [-0.2, 0) is 62.0 Å². The minimum Gasteiger partial charge on any atom is -0.714 e. The predicted molar refractivity (Wildman–Crippen MR) is 155 cm³/mol. The summed E-state index contributed by atoms with van der Waals surface area (Å²) in [6.45, 7) is 14.9. The number of rotatable bonds is 14. The largest absolute Gasteiger partial charge is 1.00 e. The number of hydrogen-bond acceptors (Lipinski definition) is 16. The third-order valence-corrected chi connectivity index (χ3v) is 12.4. The molecule has 0 aromatic carbocycles. The summed E-state index contributed by atoms with van der Waals surface area (Å²) in [6.07, 6.45) is -4.37. The van der Waals surface area contributed by atoms with Crippen LogP contribution in [0.15, 0.2) is 5.16 Å². The van der Waals surface area contributed by atoms with Crippen LogP contribution < -0.4 is 51.4 Å². The number of carbonyl (C=O) groups excluding carboxylic acids is 4. The monoisotopic (exact) mass is 711 g/mol. The maximum absolute atomic E-state index is 12.1. The molecule has 0 saturated carbocycles. The van der Waals surface area contributed by atoms with E-state index in [-0.39, 0.29) is 67.9 Å². The van der Waals surface area contributed by atoms with Gasteiger partial charge < -0.3 is 32.7 Å². The van der Waals surface area contributed by atoms with Gasteiger partial charge in [-0.3, -0.25) is 23.5 Å². The van der Waals surface area contributed by atoms with Gasteiger partial charge in [-0.1, -0.05) is 37.7 Å². The minimum atomic E-state index is -5.22. The number of hydrogen-bond donors (Lipinski definition) is 0. The molecule has 5 atom stereocenters. The van der Waals surface area contributed by atoms with Crippen molar-refractivity contribution in [3.05, 3.63) is 0 Å². The van der Waals surface area contributed by atoms with Crippen LogP contribution in [0.3, 0.4) is 0 Å². The maximum atomic E-state index is 12.1. The molecule has 0 spiro atoms. The zero-order valence-electron chi connectivity index (χ0n) is 26.9. The van der Waals surface area contributed by atoms with Crippen LogP contribution in [0.4, 0.5) is 0 Å². The molecule has 1 fully saturated rings. The van der Waals surface area contributed by atoms with Crippen LogP contribution in [0.2, 0.25) is 18.1 Å². The first-order chi connectivity index (χ1) is 19.6. The first kappa shape index (κ1) is 43.4. The summed E-state index contributed by atoms with van der Waals surface area (Å²) in [5, 5.41) is 3.46. The molecular weight excluding hydrogens is 670 g/mol. The molecule has 0 aliphatic carbocycles. The SMILES string of the molecule is CC(=O)OC[C@H]1O[C@@H](S/C(CCCCO[Si](C)(C)C(C)(C)C)=N\OS(=O)(=O)[O-])[C@H](OC(C)=O)[C@@H](OC(C)=O)[C@@H]1OC(C)=O.[K+]. The Morgan fingerprint density at radius 2 is 1.41 bits per heavy atom. The fourth-order valence-corrected chi connectivity index (χ4v) is 6.02. The van der Waals surface area contributed by atoms with Crippen molar-refractivity contribution >= 4 is 59.4 Å². The van der Waals surface area contributed by atoms with Crippen LogP contribution in [0.1, 0.15) is 67.7 Å². The molecule has 15 nitrogen and oxygen atoms in total.